The average Bonchev–Trinajstić information content (AvgIpc) is 3.51. The molecule has 2 aliphatic heterocycles. The van der Waals surface area contributed by atoms with Gasteiger partial charge in [0.05, 0.1) is 24.5 Å². The molecule has 7 nitrogen and oxygen atoms in total. The Kier molecular flexibility index (Phi) is 5.12. The van der Waals surface area contributed by atoms with Crippen LogP contribution in [-0.2, 0) is 22.7 Å². The lowest BCUT2D eigenvalue weighted by Gasteiger charge is -2.32. The SMILES string of the molecule is CC(=O)N1CCC(C(=O)N2Cc3nn(-c4ccc(C)c(C)c4)c(-n4cccc4)c3C2)CC1. The Bertz CT molecular complexity index is 1170. The van der Waals surface area contributed by atoms with E-state index < -0.39 is 0 Å². The Hall–Kier alpha value is -3.35. The zero-order valence-electron chi connectivity index (χ0n) is 18.9. The van der Waals surface area contributed by atoms with Crippen LogP contribution in [0.5, 0.6) is 0 Å². The molecule has 0 atom stereocenters. The van der Waals surface area contributed by atoms with E-state index in [1.165, 1.54) is 11.1 Å². The van der Waals surface area contributed by atoms with E-state index in [2.05, 4.69) is 36.6 Å². The molecule has 1 fully saturated rings. The van der Waals surface area contributed by atoms with Gasteiger partial charge in [-0.1, -0.05) is 6.07 Å². The molecular weight excluding hydrogens is 402 g/mol. The molecule has 7 heteroatoms. The van der Waals surface area contributed by atoms with Crippen LogP contribution in [0.2, 0.25) is 0 Å². The van der Waals surface area contributed by atoms with E-state index in [1.54, 1.807) is 6.92 Å². The molecule has 0 unspecified atom stereocenters. The number of rotatable bonds is 3. The fourth-order valence-corrected chi connectivity index (χ4v) is 4.84. The first-order valence-electron chi connectivity index (χ1n) is 11.3. The van der Waals surface area contributed by atoms with Crippen molar-refractivity contribution >= 4 is 11.8 Å². The van der Waals surface area contributed by atoms with Gasteiger partial charge in [0.15, 0.2) is 0 Å². The van der Waals surface area contributed by atoms with Gasteiger partial charge in [0.2, 0.25) is 11.8 Å². The molecule has 0 radical (unpaired) electrons. The molecule has 0 N–H and O–H groups in total. The van der Waals surface area contributed by atoms with Gasteiger partial charge in [-0.15, -0.1) is 0 Å². The van der Waals surface area contributed by atoms with Crippen LogP contribution >= 0.6 is 0 Å². The average molecular weight is 432 g/mol. The highest BCUT2D eigenvalue weighted by molar-refractivity contribution is 5.80. The van der Waals surface area contributed by atoms with E-state index in [9.17, 15) is 9.59 Å². The molecule has 0 spiro atoms. The monoisotopic (exact) mass is 431 g/mol. The number of fused-ring (bicyclic) bond motifs is 1. The summed E-state index contributed by atoms with van der Waals surface area (Å²) in [7, 11) is 0. The molecule has 4 heterocycles. The number of aryl methyl sites for hydroxylation is 2. The van der Waals surface area contributed by atoms with Crippen molar-refractivity contribution in [1.29, 1.82) is 0 Å². The minimum absolute atomic E-state index is 0.0171. The van der Waals surface area contributed by atoms with E-state index in [1.807, 2.05) is 39.0 Å². The summed E-state index contributed by atoms with van der Waals surface area (Å²) in [5.41, 5.74) is 5.57. The van der Waals surface area contributed by atoms with Crippen molar-refractivity contribution in [2.24, 2.45) is 5.92 Å². The van der Waals surface area contributed by atoms with Crippen LogP contribution < -0.4 is 0 Å². The number of likely N-dealkylation sites (tertiary alicyclic amines) is 1. The summed E-state index contributed by atoms with van der Waals surface area (Å²) in [5, 5.41) is 4.95. The molecule has 0 bridgehead atoms. The molecule has 2 aliphatic rings. The van der Waals surface area contributed by atoms with Gasteiger partial charge in [-0.05, 0) is 62.1 Å². The lowest BCUT2D eigenvalue weighted by molar-refractivity contribution is -0.140. The molecule has 0 saturated carbocycles. The highest BCUT2D eigenvalue weighted by Crippen LogP contribution is 2.33. The summed E-state index contributed by atoms with van der Waals surface area (Å²) in [6.45, 7) is 8.25. The third-order valence-electron chi connectivity index (χ3n) is 6.91. The molecule has 5 rings (SSSR count). The van der Waals surface area contributed by atoms with Gasteiger partial charge >= 0.3 is 0 Å². The Morgan fingerprint density at radius 1 is 0.969 bits per heavy atom. The van der Waals surface area contributed by atoms with Crippen molar-refractivity contribution in [1.82, 2.24) is 24.1 Å². The first-order valence-corrected chi connectivity index (χ1v) is 11.3. The second-order valence-corrected chi connectivity index (χ2v) is 8.99. The van der Waals surface area contributed by atoms with Gasteiger partial charge in [0.1, 0.15) is 5.82 Å². The zero-order valence-corrected chi connectivity index (χ0v) is 18.9. The second kappa shape index (κ2) is 7.97. The molecule has 2 aromatic heterocycles. The predicted molar refractivity (Wildman–Crippen MR) is 122 cm³/mol. The van der Waals surface area contributed by atoms with E-state index >= 15 is 0 Å². The lowest BCUT2D eigenvalue weighted by atomic mass is 9.95. The molecule has 32 heavy (non-hydrogen) atoms. The summed E-state index contributed by atoms with van der Waals surface area (Å²) >= 11 is 0. The Morgan fingerprint density at radius 2 is 1.69 bits per heavy atom. The molecule has 0 aliphatic carbocycles. The van der Waals surface area contributed by atoms with Crippen LogP contribution in [0.4, 0.5) is 0 Å². The number of benzene rings is 1. The minimum Gasteiger partial charge on any atom is -0.343 e. The number of hydrogen-bond donors (Lipinski definition) is 0. The number of aromatic nitrogens is 3. The summed E-state index contributed by atoms with van der Waals surface area (Å²) < 4.78 is 4.09. The Balaban J connectivity index is 1.42. The standard InChI is InChI=1S/C25H29N5O2/c1-17-6-7-21(14-18(17)2)30-24(28-10-4-5-11-28)22-15-29(16-23(22)26-30)25(32)20-8-12-27(13-9-20)19(3)31/h4-7,10-11,14,20H,8-9,12-13,15-16H2,1-3H3. The van der Waals surface area contributed by atoms with Gasteiger partial charge in [-0.3, -0.25) is 9.59 Å². The molecule has 166 valence electrons. The molecular formula is C25H29N5O2. The van der Waals surface area contributed by atoms with Crippen molar-refractivity contribution < 1.29 is 9.59 Å². The van der Waals surface area contributed by atoms with Gasteiger partial charge in [-0.2, -0.15) is 5.10 Å². The molecule has 1 saturated heterocycles. The molecule has 2 amide bonds. The minimum atomic E-state index is -0.0171. The fraction of sp³-hybridized carbons (Fsp3) is 0.400. The highest BCUT2D eigenvalue weighted by atomic mass is 16.2. The summed E-state index contributed by atoms with van der Waals surface area (Å²) in [5.74, 6) is 1.25. The van der Waals surface area contributed by atoms with E-state index in [0.717, 1.165) is 35.6 Å². The van der Waals surface area contributed by atoms with Crippen molar-refractivity contribution in [2.45, 2.75) is 46.7 Å². The third-order valence-corrected chi connectivity index (χ3v) is 6.91. The fourth-order valence-electron chi connectivity index (χ4n) is 4.84. The number of hydrogen-bond acceptors (Lipinski definition) is 3. The van der Waals surface area contributed by atoms with Gasteiger partial charge in [0, 0.05) is 43.9 Å². The van der Waals surface area contributed by atoms with Crippen LogP contribution in [0.1, 0.15) is 42.1 Å². The maximum Gasteiger partial charge on any atom is 0.226 e. The van der Waals surface area contributed by atoms with Crippen LogP contribution in [0.15, 0.2) is 42.7 Å². The van der Waals surface area contributed by atoms with Gasteiger partial charge in [-0.25, -0.2) is 4.68 Å². The Labute approximate surface area is 188 Å². The first kappa shape index (κ1) is 20.5. The lowest BCUT2D eigenvalue weighted by Crippen LogP contribution is -2.42. The normalized spacial score (nSPS) is 16.5. The van der Waals surface area contributed by atoms with E-state index in [4.69, 9.17) is 5.10 Å². The summed E-state index contributed by atoms with van der Waals surface area (Å²) in [4.78, 5) is 28.6. The second-order valence-electron chi connectivity index (χ2n) is 8.99. The van der Waals surface area contributed by atoms with Crippen molar-refractivity contribution in [3.05, 3.63) is 65.1 Å². The van der Waals surface area contributed by atoms with E-state index in [-0.39, 0.29) is 17.7 Å². The maximum atomic E-state index is 13.3. The predicted octanol–water partition coefficient (Wildman–Crippen LogP) is 3.38. The quantitative estimate of drug-likeness (QED) is 0.639. The first-order chi connectivity index (χ1) is 15.4. The van der Waals surface area contributed by atoms with Crippen molar-refractivity contribution in [2.75, 3.05) is 13.1 Å². The maximum absolute atomic E-state index is 13.3. The number of amides is 2. The molecule has 3 aromatic rings. The summed E-state index contributed by atoms with van der Waals surface area (Å²) in [6.07, 6.45) is 5.52. The van der Waals surface area contributed by atoms with Gasteiger partial charge < -0.3 is 14.4 Å². The van der Waals surface area contributed by atoms with Crippen molar-refractivity contribution in [3.63, 3.8) is 0 Å². The summed E-state index contributed by atoms with van der Waals surface area (Å²) in [6, 6.07) is 10.4. The highest BCUT2D eigenvalue weighted by Gasteiger charge is 2.35. The van der Waals surface area contributed by atoms with E-state index in [0.29, 0.717) is 26.2 Å². The topological polar surface area (TPSA) is 63.4 Å². The van der Waals surface area contributed by atoms with Gasteiger partial charge in [0.25, 0.3) is 0 Å². The smallest absolute Gasteiger partial charge is 0.226 e. The number of piperidine rings is 1. The number of carbonyl (C=O) groups excluding carboxylic acids is 2. The largest absolute Gasteiger partial charge is 0.343 e. The third kappa shape index (κ3) is 3.51. The Morgan fingerprint density at radius 3 is 2.34 bits per heavy atom. The van der Waals surface area contributed by atoms with Crippen LogP contribution in [-0.4, -0.2) is 49.1 Å². The molecule has 1 aromatic carbocycles. The zero-order chi connectivity index (χ0) is 22.4. The number of carbonyl (C=O) groups is 2. The van der Waals surface area contributed by atoms with Crippen LogP contribution in [0.3, 0.4) is 0 Å². The van der Waals surface area contributed by atoms with Crippen molar-refractivity contribution in [3.8, 4) is 11.5 Å². The van der Waals surface area contributed by atoms with Crippen LogP contribution in [0.25, 0.3) is 11.5 Å². The number of nitrogens with zero attached hydrogens (tertiary/aromatic N) is 5. The van der Waals surface area contributed by atoms with Crippen LogP contribution in [0, 0.1) is 19.8 Å².